The lowest BCUT2D eigenvalue weighted by Crippen LogP contribution is -2.14. The van der Waals surface area contributed by atoms with Gasteiger partial charge in [-0.3, -0.25) is 0 Å². The Hall–Kier alpha value is -1.44. The summed E-state index contributed by atoms with van der Waals surface area (Å²) >= 11 is 9.55. The van der Waals surface area contributed by atoms with Crippen LogP contribution in [-0.4, -0.2) is 39.8 Å². The van der Waals surface area contributed by atoms with Gasteiger partial charge >= 0.3 is 0 Å². The van der Waals surface area contributed by atoms with E-state index in [1.165, 1.54) is 0 Å². The third-order valence-electron chi connectivity index (χ3n) is 4.40. The van der Waals surface area contributed by atoms with E-state index >= 15 is 0 Å². The Bertz CT molecular complexity index is 983. The van der Waals surface area contributed by atoms with Crippen LogP contribution in [0.15, 0.2) is 49.1 Å². The molecule has 158 valence electrons. The van der Waals surface area contributed by atoms with Crippen LogP contribution < -0.4 is 0 Å². The van der Waals surface area contributed by atoms with Crippen molar-refractivity contribution in [1.29, 1.82) is 0 Å². The molecule has 0 saturated heterocycles. The van der Waals surface area contributed by atoms with Crippen LogP contribution in [0, 0.1) is 12.8 Å². The second kappa shape index (κ2) is 10.5. The summed E-state index contributed by atoms with van der Waals surface area (Å²) in [5.74, 6) is 1.30. The highest BCUT2D eigenvalue weighted by molar-refractivity contribution is 9.10. The van der Waals surface area contributed by atoms with E-state index in [-0.39, 0.29) is 0 Å². The van der Waals surface area contributed by atoms with Crippen LogP contribution in [0.25, 0.3) is 0 Å². The highest BCUT2D eigenvalue weighted by Crippen LogP contribution is 2.32. The van der Waals surface area contributed by atoms with Crippen molar-refractivity contribution in [2.24, 2.45) is 15.3 Å². The van der Waals surface area contributed by atoms with Gasteiger partial charge in [0.25, 0.3) is 0 Å². The van der Waals surface area contributed by atoms with Crippen molar-refractivity contribution in [3.63, 3.8) is 0 Å². The summed E-state index contributed by atoms with van der Waals surface area (Å²) in [5.41, 5.74) is 1.48. The fourth-order valence-corrected chi connectivity index (χ4v) is 5.23. The molecule has 2 rings (SSSR count). The molecule has 0 spiro atoms. The van der Waals surface area contributed by atoms with Gasteiger partial charge in [-0.25, -0.2) is 14.2 Å². The number of aliphatic imine (C=N–C) groups is 1. The van der Waals surface area contributed by atoms with E-state index in [2.05, 4.69) is 51.0 Å². The van der Waals surface area contributed by atoms with Crippen LogP contribution in [-0.2, 0) is 9.73 Å². The van der Waals surface area contributed by atoms with Crippen molar-refractivity contribution in [3.05, 3.63) is 45.5 Å². The van der Waals surface area contributed by atoms with E-state index in [9.17, 15) is 4.21 Å². The SMILES string of the molecule is CCN(C)C=Nc1cc(Br)c(N=S(=O)(CCC(C)C)c2ccc(Cl)cc2)nc1C. The van der Waals surface area contributed by atoms with Crippen LogP contribution in [0.4, 0.5) is 11.5 Å². The number of aryl methyl sites for hydroxylation is 1. The van der Waals surface area contributed by atoms with Gasteiger partial charge in [0.05, 0.1) is 31.9 Å². The number of halogens is 2. The molecule has 0 bridgehead atoms. The van der Waals surface area contributed by atoms with Crippen molar-refractivity contribution in [2.75, 3.05) is 19.3 Å². The molecule has 8 heteroatoms. The van der Waals surface area contributed by atoms with Gasteiger partial charge in [-0.15, -0.1) is 0 Å². The molecule has 0 aliphatic heterocycles. The molecule has 0 fully saturated rings. The number of hydrogen-bond acceptors (Lipinski definition) is 4. The average molecular weight is 500 g/mol. The van der Waals surface area contributed by atoms with E-state index < -0.39 is 9.73 Å². The predicted molar refractivity (Wildman–Crippen MR) is 127 cm³/mol. The third kappa shape index (κ3) is 6.79. The van der Waals surface area contributed by atoms with Gasteiger partial charge < -0.3 is 4.90 Å². The summed E-state index contributed by atoms with van der Waals surface area (Å²) in [6.07, 6.45) is 2.57. The van der Waals surface area contributed by atoms with Crippen molar-refractivity contribution in [2.45, 2.75) is 39.0 Å². The number of benzene rings is 1. The summed E-state index contributed by atoms with van der Waals surface area (Å²) in [4.78, 5) is 11.7. The summed E-state index contributed by atoms with van der Waals surface area (Å²) in [6, 6.07) is 8.93. The first-order valence-corrected chi connectivity index (χ1v) is 12.4. The van der Waals surface area contributed by atoms with Gasteiger partial charge in [0.1, 0.15) is 0 Å². The molecular weight excluding hydrogens is 472 g/mol. The predicted octanol–water partition coefficient (Wildman–Crippen LogP) is 6.62. The van der Waals surface area contributed by atoms with Crippen molar-refractivity contribution < 1.29 is 4.21 Å². The number of rotatable bonds is 8. The normalized spacial score (nSPS) is 13.7. The van der Waals surface area contributed by atoms with E-state index in [1.807, 2.05) is 24.9 Å². The quantitative estimate of drug-likeness (QED) is 0.303. The minimum atomic E-state index is -2.69. The van der Waals surface area contributed by atoms with Crippen molar-refractivity contribution >= 4 is 55.1 Å². The standard InChI is InChI=1S/C21H28BrClN4OS/c1-6-27(5)14-24-20-13-19(22)21(25-16(20)4)26-29(28,12-11-15(2)3)18-9-7-17(23)8-10-18/h7-10,13-15H,6,11-12H2,1-5H3. The lowest BCUT2D eigenvalue weighted by atomic mass is 10.2. The summed E-state index contributed by atoms with van der Waals surface area (Å²) in [7, 11) is -0.728. The number of pyridine rings is 1. The Labute approximate surface area is 187 Å². The largest absolute Gasteiger partial charge is 0.366 e. The second-order valence-electron chi connectivity index (χ2n) is 7.29. The van der Waals surface area contributed by atoms with Gasteiger partial charge in [0, 0.05) is 29.3 Å². The molecule has 0 aliphatic rings. The molecule has 0 radical (unpaired) electrons. The van der Waals surface area contributed by atoms with E-state index in [0.29, 0.717) is 31.9 Å². The minimum Gasteiger partial charge on any atom is -0.366 e. The van der Waals surface area contributed by atoms with E-state index in [4.69, 9.17) is 11.6 Å². The highest BCUT2D eigenvalue weighted by Gasteiger charge is 2.17. The third-order valence-corrected chi connectivity index (χ3v) is 7.50. The summed E-state index contributed by atoms with van der Waals surface area (Å²) in [5, 5.41) is 0.605. The molecule has 1 unspecified atom stereocenters. The number of aromatic nitrogens is 1. The molecular formula is C21H28BrClN4OS. The fourth-order valence-electron chi connectivity index (χ4n) is 2.39. The number of nitrogens with zero attached hydrogens (tertiary/aromatic N) is 4. The van der Waals surface area contributed by atoms with Crippen molar-refractivity contribution in [3.8, 4) is 0 Å². The molecule has 0 N–H and O–H groups in total. The Morgan fingerprint density at radius 1 is 1.31 bits per heavy atom. The molecule has 0 aliphatic carbocycles. The van der Waals surface area contributed by atoms with Crippen LogP contribution in [0.2, 0.25) is 5.02 Å². The molecule has 2 aromatic rings. The average Bonchev–Trinajstić information content (AvgIpc) is 2.68. The smallest absolute Gasteiger partial charge is 0.176 e. The minimum absolute atomic E-state index is 0.420. The van der Waals surface area contributed by atoms with Crippen LogP contribution >= 0.6 is 27.5 Å². The Balaban J connectivity index is 2.52. The first-order chi connectivity index (χ1) is 13.6. The topological polar surface area (TPSA) is 57.9 Å². The maximum atomic E-state index is 13.9. The Morgan fingerprint density at radius 3 is 2.55 bits per heavy atom. The maximum absolute atomic E-state index is 13.9. The van der Waals surface area contributed by atoms with Gasteiger partial charge in [-0.05, 0) is 72.4 Å². The first kappa shape index (κ1) is 23.8. The summed E-state index contributed by atoms with van der Waals surface area (Å²) in [6.45, 7) is 9.02. The molecule has 1 atom stereocenters. The molecule has 0 amide bonds. The molecule has 0 saturated carbocycles. The molecule has 1 aromatic heterocycles. The zero-order valence-electron chi connectivity index (χ0n) is 17.5. The molecule has 1 heterocycles. The molecule has 5 nitrogen and oxygen atoms in total. The van der Waals surface area contributed by atoms with Crippen LogP contribution in [0.5, 0.6) is 0 Å². The Morgan fingerprint density at radius 2 is 1.97 bits per heavy atom. The summed E-state index contributed by atoms with van der Waals surface area (Å²) < 4.78 is 19.2. The van der Waals surface area contributed by atoms with Crippen LogP contribution in [0.3, 0.4) is 0 Å². The first-order valence-electron chi connectivity index (χ1n) is 9.56. The lowest BCUT2D eigenvalue weighted by molar-refractivity contribution is 0.552. The van der Waals surface area contributed by atoms with Crippen LogP contribution in [0.1, 0.15) is 32.9 Å². The monoisotopic (exact) mass is 498 g/mol. The van der Waals surface area contributed by atoms with E-state index in [0.717, 1.165) is 24.3 Å². The van der Waals surface area contributed by atoms with Gasteiger partial charge in [0.2, 0.25) is 0 Å². The van der Waals surface area contributed by atoms with E-state index in [1.54, 1.807) is 30.6 Å². The van der Waals surface area contributed by atoms with Gasteiger partial charge in [-0.2, -0.15) is 4.36 Å². The Kier molecular flexibility index (Phi) is 8.67. The molecule has 1 aromatic carbocycles. The van der Waals surface area contributed by atoms with Gasteiger partial charge in [0.15, 0.2) is 5.82 Å². The zero-order valence-corrected chi connectivity index (χ0v) is 20.7. The second-order valence-corrected chi connectivity index (χ2v) is 10.9. The number of hydrogen-bond donors (Lipinski definition) is 0. The van der Waals surface area contributed by atoms with Gasteiger partial charge in [-0.1, -0.05) is 25.4 Å². The zero-order chi connectivity index (χ0) is 21.6. The lowest BCUT2D eigenvalue weighted by Gasteiger charge is -2.13. The maximum Gasteiger partial charge on any atom is 0.176 e. The molecule has 29 heavy (non-hydrogen) atoms. The fraction of sp³-hybridized carbons (Fsp3) is 0.429. The van der Waals surface area contributed by atoms with Crippen molar-refractivity contribution in [1.82, 2.24) is 9.88 Å². The highest BCUT2D eigenvalue weighted by atomic mass is 79.9.